The number of amides is 1. The lowest BCUT2D eigenvalue weighted by atomic mass is 9.95. The molecule has 7 heteroatoms. The predicted molar refractivity (Wildman–Crippen MR) is 103 cm³/mol. The monoisotopic (exact) mass is 361 g/mol. The zero-order valence-electron chi connectivity index (χ0n) is 15.9. The first-order valence-electron chi connectivity index (χ1n) is 9.44. The number of carbonyl (C=O) groups is 1. The second-order valence-corrected chi connectivity index (χ2v) is 6.70. The van der Waals surface area contributed by atoms with Crippen molar-refractivity contribution in [2.24, 2.45) is 16.6 Å². The van der Waals surface area contributed by atoms with Gasteiger partial charge in [-0.15, -0.1) is 0 Å². The van der Waals surface area contributed by atoms with Gasteiger partial charge in [-0.25, -0.2) is 4.98 Å². The molecule has 1 unspecified atom stereocenters. The predicted octanol–water partition coefficient (Wildman–Crippen LogP) is 1.92. The number of hydrogen-bond donors (Lipinski definition) is 2. The Morgan fingerprint density at radius 2 is 2.38 bits per heavy atom. The molecule has 1 aliphatic rings. The van der Waals surface area contributed by atoms with Crippen molar-refractivity contribution in [3.05, 3.63) is 23.9 Å². The number of primary amides is 1. The van der Waals surface area contributed by atoms with Crippen LogP contribution >= 0.6 is 0 Å². The molecule has 1 saturated heterocycles. The molecule has 0 spiro atoms. The van der Waals surface area contributed by atoms with E-state index in [1.807, 2.05) is 12.1 Å². The molecule has 0 radical (unpaired) electrons. The fourth-order valence-electron chi connectivity index (χ4n) is 3.22. The van der Waals surface area contributed by atoms with E-state index in [0.717, 1.165) is 50.3 Å². The highest BCUT2D eigenvalue weighted by molar-refractivity contribution is 5.80. The van der Waals surface area contributed by atoms with E-state index in [-0.39, 0.29) is 5.91 Å². The van der Waals surface area contributed by atoms with Crippen molar-refractivity contribution >= 4 is 11.9 Å². The summed E-state index contributed by atoms with van der Waals surface area (Å²) in [6, 6.07) is 3.93. The molecule has 1 fully saturated rings. The first-order chi connectivity index (χ1) is 12.6. The molecule has 2 rings (SSSR count). The molecule has 0 aromatic carbocycles. The number of unbranched alkanes of at least 4 members (excludes halogenated alkanes) is 1. The third kappa shape index (κ3) is 6.20. The lowest BCUT2D eigenvalue weighted by Crippen LogP contribution is -2.46. The third-order valence-corrected chi connectivity index (χ3v) is 4.54. The van der Waals surface area contributed by atoms with Gasteiger partial charge in [0.15, 0.2) is 5.96 Å². The molecule has 144 valence electrons. The number of rotatable bonds is 8. The van der Waals surface area contributed by atoms with Crippen LogP contribution in [0.5, 0.6) is 5.88 Å². The summed E-state index contributed by atoms with van der Waals surface area (Å²) in [5.41, 5.74) is 6.36. The van der Waals surface area contributed by atoms with Crippen molar-refractivity contribution in [3.8, 4) is 5.88 Å². The molecular weight excluding hydrogens is 330 g/mol. The molecule has 26 heavy (non-hydrogen) atoms. The van der Waals surface area contributed by atoms with Gasteiger partial charge in [-0.2, -0.15) is 0 Å². The van der Waals surface area contributed by atoms with Gasteiger partial charge in [0.1, 0.15) is 0 Å². The molecular formula is C19H31N5O2. The summed E-state index contributed by atoms with van der Waals surface area (Å²) in [5.74, 6) is 1.58. The number of nitrogens with zero attached hydrogens (tertiary/aromatic N) is 3. The van der Waals surface area contributed by atoms with Crippen molar-refractivity contribution in [1.82, 2.24) is 15.2 Å². The Kier molecular flexibility index (Phi) is 8.18. The molecule has 0 bridgehead atoms. The maximum Gasteiger partial charge on any atom is 0.218 e. The highest BCUT2D eigenvalue weighted by Crippen LogP contribution is 2.20. The number of hydrogen-bond acceptors (Lipinski definition) is 4. The lowest BCUT2D eigenvalue weighted by molar-refractivity contribution is -0.119. The first-order valence-corrected chi connectivity index (χ1v) is 9.44. The SMILES string of the molecule is CCCCOc1ncccc1CNC(=NC)N1CCCC(CC(N)=O)C1. The topological polar surface area (TPSA) is 92.8 Å². The van der Waals surface area contributed by atoms with E-state index in [0.29, 0.717) is 31.4 Å². The van der Waals surface area contributed by atoms with Gasteiger partial charge in [0.05, 0.1) is 6.61 Å². The van der Waals surface area contributed by atoms with Crippen molar-refractivity contribution in [2.45, 2.75) is 45.6 Å². The second-order valence-electron chi connectivity index (χ2n) is 6.70. The van der Waals surface area contributed by atoms with Crippen LogP contribution in [0.2, 0.25) is 0 Å². The Morgan fingerprint density at radius 1 is 1.54 bits per heavy atom. The minimum absolute atomic E-state index is 0.232. The highest BCUT2D eigenvalue weighted by atomic mass is 16.5. The molecule has 1 aromatic heterocycles. The number of pyridine rings is 1. The fraction of sp³-hybridized carbons (Fsp3) is 0.632. The van der Waals surface area contributed by atoms with E-state index >= 15 is 0 Å². The quantitative estimate of drug-likeness (QED) is 0.419. The number of aromatic nitrogens is 1. The van der Waals surface area contributed by atoms with Crippen LogP contribution in [0.1, 0.15) is 44.6 Å². The van der Waals surface area contributed by atoms with Crippen LogP contribution in [0.25, 0.3) is 0 Å². The van der Waals surface area contributed by atoms with Gasteiger partial charge in [-0.3, -0.25) is 9.79 Å². The number of ether oxygens (including phenoxy) is 1. The summed E-state index contributed by atoms with van der Waals surface area (Å²) in [6.45, 7) is 5.14. The number of nitrogens with one attached hydrogen (secondary N) is 1. The van der Waals surface area contributed by atoms with Gasteiger partial charge in [0, 0.05) is 44.9 Å². The van der Waals surface area contributed by atoms with Gasteiger partial charge < -0.3 is 20.7 Å². The Bertz CT molecular complexity index is 605. The zero-order valence-corrected chi connectivity index (χ0v) is 15.9. The van der Waals surface area contributed by atoms with Crippen molar-refractivity contribution in [2.75, 3.05) is 26.7 Å². The molecule has 3 N–H and O–H groups in total. The van der Waals surface area contributed by atoms with Crippen molar-refractivity contribution in [1.29, 1.82) is 0 Å². The summed E-state index contributed by atoms with van der Waals surface area (Å²) in [5, 5.41) is 3.40. The van der Waals surface area contributed by atoms with Crippen LogP contribution in [0.4, 0.5) is 0 Å². The van der Waals surface area contributed by atoms with Crippen molar-refractivity contribution < 1.29 is 9.53 Å². The summed E-state index contributed by atoms with van der Waals surface area (Å²) in [6.07, 6.45) is 6.37. The normalized spacial score (nSPS) is 17.8. The van der Waals surface area contributed by atoms with Crippen LogP contribution < -0.4 is 15.8 Å². The standard InChI is InChI=1S/C19H31N5O2/c1-3-4-11-26-18-16(8-5-9-22-18)13-23-19(21-2)24-10-6-7-15(14-24)12-17(20)25/h5,8-9,15H,3-4,6-7,10-14H2,1-2H3,(H2,20,25)(H,21,23). The van der Waals surface area contributed by atoms with Crippen LogP contribution in [0.3, 0.4) is 0 Å². The summed E-state index contributed by atoms with van der Waals surface area (Å²) >= 11 is 0. The average Bonchev–Trinajstić information content (AvgIpc) is 2.63. The van der Waals surface area contributed by atoms with Gasteiger partial charge in [-0.1, -0.05) is 19.4 Å². The van der Waals surface area contributed by atoms with Crippen LogP contribution in [-0.4, -0.2) is 48.5 Å². The Morgan fingerprint density at radius 3 is 3.12 bits per heavy atom. The van der Waals surface area contributed by atoms with E-state index in [9.17, 15) is 4.79 Å². The van der Waals surface area contributed by atoms with Gasteiger partial charge >= 0.3 is 0 Å². The Labute approximate surface area is 156 Å². The van der Waals surface area contributed by atoms with E-state index in [4.69, 9.17) is 10.5 Å². The number of guanidine groups is 1. The van der Waals surface area contributed by atoms with Crippen molar-refractivity contribution in [3.63, 3.8) is 0 Å². The van der Waals surface area contributed by atoms with E-state index in [2.05, 4.69) is 27.1 Å². The first kappa shape index (κ1) is 20.0. The minimum Gasteiger partial charge on any atom is -0.477 e. The number of nitrogens with two attached hydrogens (primary N) is 1. The maximum atomic E-state index is 11.2. The van der Waals surface area contributed by atoms with E-state index in [1.54, 1.807) is 13.2 Å². The molecule has 1 aliphatic heterocycles. The molecule has 1 atom stereocenters. The number of piperidine rings is 1. The summed E-state index contributed by atoms with van der Waals surface area (Å²) in [4.78, 5) is 22.2. The van der Waals surface area contributed by atoms with E-state index < -0.39 is 0 Å². The average molecular weight is 361 g/mol. The van der Waals surface area contributed by atoms with Gasteiger partial charge in [0.25, 0.3) is 0 Å². The molecule has 0 aliphatic carbocycles. The number of carbonyl (C=O) groups excluding carboxylic acids is 1. The molecule has 7 nitrogen and oxygen atoms in total. The van der Waals surface area contributed by atoms with Crippen LogP contribution in [-0.2, 0) is 11.3 Å². The van der Waals surface area contributed by atoms with E-state index in [1.165, 1.54) is 0 Å². The Balaban J connectivity index is 1.93. The Hall–Kier alpha value is -2.31. The van der Waals surface area contributed by atoms with Crippen LogP contribution in [0.15, 0.2) is 23.3 Å². The highest BCUT2D eigenvalue weighted by Gasteiger charge is 2.23. The largest absolute Gasteiger partial charge is 0.477 e. The maximum absolute atomic E-state index is 11.2. The second kappa shape index (κ2) is 10.6. The summed E-state index contributed by atoms with van der Waals surface area (Å²) < 4.78 is 5.79. The minimum atomic E-state index is -0.232. The molecule has 1 amide bonds. The van der Waals surface area contributed by atoms with Gasteiger partial charge in [-0.05, 0) is 31.2 Å². The van der Waals surface area contributed by atoms with Crippen LogP contribution in [0, 0.1) is 5.92 Å². The molecule has 0 saturated carbocycles. The fourth-order valence-corrected chi connectivity index (χ4v) is 3.22. The third-order valence-electron chi connectivity index (χ3n) is 4.54. The van der Waals surface area contributed by atoms with Gasteiger partial charge in [0.2, 0.25) is 11.8 Å². The molecule has 2 heterocycles. The number of likely N-dealkylation sites (tertiary alicyclic amines) is 1. The zero-order chi connectivity index (χ0) is 18.8. The molecule has 1 aromatic rings. The lowest BCUT2D eigenvalue weighted by Gasteiger charge is -2.34. The summed E-state index contributed by atoms with van der Waals surface area (Å²) in [7, 11) is 1.78. The number of aliphatic imine (C=N–C) groups is 1. The smallest absolute Gasteiger partial charge is 0.218 e.